The summed E-state index contributed by atoms with van der Waals surface area (Å²) in [4.78, 5) is 31.0. The first-order valence-corrected chi connectivity index (χ1v) is 10.1. The molecule has 0 spiro atoms. The van der Waals surface area contributed by atoms with E-state index in [1.54, 1.807) is 35.6 Å². The summed E-state index contributed by atoms with van der Waals surface area (Å²) in [6.45, 7) is 1.35. The van der Waals surface area contributed by atoms with Crippen molar-refractivity contribution in [2.24, 2.45) is 0 Å². The maximum absolute atomic E-state index is 12.7. The van der Waals surface area contributed by atoms with E-state index < -0.39 is 5.97 Å². The predicted octanol–water partition coefficient (Wildman–Crippen LogP) is 4.49. The standard InChI is InChI=1S/C21H21N3O3S/c1-27-20(25)14-6-4-8-16(12-14)22-21(26)24-11-5-7-15(13-24)19-23-17-9-2-3-10-18(17)28-19/h2-4,6,8-10,12,15H,5,7,11,13H2,1H3,(H,22,26)/t15-/m0/s1. The Bertz CT molecular complexity index is 984. The highest BCUT2D eigenvalue weighted by atomic mass is 32.1. The van der Waals surface area contributed by atoms with E-state index in [0.29, 0.717) is 24.3 Å². The first-order chi connectivity index (χ1) is 13.6. The van der Waals surface area contributed by atoms with E-state index in [-0.39, 0.29) is 11.9 Å². The Morgan fingerprint density at radius 3 is 2.89 bits per heavy atom. The minimum atomic E-state index is -0.426. The quantitative estimate of drug-likeness (QED) is 0.663. The fourth-order valence-corrected chi connectivity index (χ4v) is 4.57. The second-order valence-corrected chi connectivity index (χ2v) is 7.87. The first kappa shape index (κ1) is 18.4. The molecule has 1 aromatic heterocycles. The fourth-order valence-electron chi connectivity index (χ4n) is 3.47. The largest absolute Gasteiger partial charge is 0.465 e. The molecular formula is C21H21N3O3S. The van der Waals surface area contributed by atoms with Gasteiger partial charge < -0.3 is 15.0 Å². The highest BCUT2D eigenvalue weighted by Crippen LogP contribution is 2.33. The molecule has 2 amide bonds. The Balaban J connectivity index is 1.45. The Morgan fingerprint density at radius 2 is 2.07 bits per heavy atom. The molecule has 0 bridgehead atoms. The fraction of sp³-hybridized carbons (Fsp3) is 0.286. The second-order valence-electron chi connectivity index (χ2n) is 6.81. The number of aromatic nitrogens is 1. The third-order valence-corrected chi connectivity index (χ3v) is 6.10. The number of urea groups is 1. The van der Waals surface area contributed by atoms with Crippen LogP contribution in [0.2, 0.25) is 0 Å². The molecule has 0 unspecified atom stereocenters. The van der Waals surface area contributed by atoms with Gasteiger partial charge in [0.25, 0.3) is 0 Å². The van der Waals surface area contributed by atoms with Crippen molar-refractivity contribution in [1.29, 1.82) is 0 Å². The zero-order valence-corrected chi connectivity index (χ0v) is 16.4. The molecule has 2 heterocycles. The summed E-state index contributed by atoms with van der Waals surface area (Å²) in [7, 11) is 1.34. The van der Waals surface area contributed by atoms with Gasteiger partial charge in [0, 0.05) is 24.7 Å². The number of ether oxygens (including phenoxy) is 1. The molecule has 28 heavy (non-hydrogen) atoms. The van der Waals surface area contributed by atoms with Crippen molar-refractivity contribution in [3.8, 4) is 0 Å². The third-order valence-electron chi connectivity index (χ3n) is 4.90. The molecule has 1 saturated heterocycles. The van der Waals surface area contributed by atoms with E-state index in [2.05, 4.69) is 11.4 Å². The molecule has 3 aromatic rings. The van der Waals surface area contributed by atoms with E-state index in [1.807, 2.05) is 23.1 Å². The van der Waals surface area contributed by atoms with Crippen molar-refractivity contribution in [2.75, 3.05) is 25.5 Å². The lowest BCUT2D eigenvalue weighted by Gasteiger charge is -2.31. The van der Waals surface area contributed by atoms with E-state index >= 15 is 0 Å². The van der Waals surface area contributed by atoms with Crippen LogP contribution < -0.4 is 5.32 Å². The lowest BCUT2D eigenvalue weighted by atomic mass is 9.99. The number of methoxy groups -OCH3 is 1. The number of amides is 2. The van der Waals surface area contributed by atoms with Gasteiger partial charge in [-0.05, 0) is 43.2 Å². The number of hydrogen-bond donors (Lipinski definition) is 1. The molecule has 1 aliphatic rings. The summed E-state index contributed by atoms with van der Waals surface area (Å²) in [5.74, 6) is -0.178. The number of fused-ring (bicyclic) bond motifs is 1. The molecule has 1 fully saturated rings. The Labute approximate surface area is 167 Å². The minimum absolute atomic E-state index is 0.159. The Kier molecular flexibility index (Phi) is 5.25. The van der Waals surface area contributed by atoms with Gasteiger partial charge in [-0.25, -0.2) is 14.6 Å². The number of esters is 1. The van der Waals surface area contributed by atoms with E-state index in [1.165, 1.54) is 11.8 Å². The van der Waals surface area contributed by atoms with Gasteiger partial charge >= 0.3 is 12.0 Å². The normalized spacial score (nSPS) is 16.8. The van der Waals surface area contributed by atoms with Gasteiger partial charge in [0.15, 0.2) is 0 Å². The maximum atomic E-state index is 12.7. The predicted molar refractivity (Wildman–Crippen MR) is 110 cm³/mol. The van der Waals surface area contributed by atoms with Crippen LogP contribution in [-0.4, -0.2) is 42.1 Å². The third kappa shape index (κ3) is 3.84. The van der Waals surface area contributed by atoms with Crippen LogP contribution in [0.5, 0.6) is 0 Å². The van der Waals surface area contributed by atoms with Gasteiger partial charge in [-0.15, -0.1) is 11.3 Å². The highest BCUT2D eigenvalue weighted by molar-refractivity contribution is 7.18. The zero-order chi connectivity index (χ0) is 19.5. The number of anilines is 1. The van der Waals surface area contributed by atoms with Gasteiger partial charge in [0.1, 0.15) is 0 Å². The molecule has 7 heteroatoms. The van der Waals surface area contributed by atoms with Crippen LogP contribution in [0.15, 0.2) is 48.5 Å². The van der Waals surface area contributed by atoms with Crippen molar-refractivity contribution in [3.63, 3.8) is 0 Å². The number of nitrogens with zero attached hydrogens (tertiary/aromatic N) is 2. The summed E-state index contributed by atoms with van der Waals surface area (Å²) in [6, 6.07) is 14.7. The number of rotatable bonds is 3. The van der Waals surface area contributed by atoms with Gasteiger partial charge in [0.2, 0.25) is 0 Å². The van der Waals surface area contributed by atoms with Crippen molar-refractivity contribution in [1.82, 2.24) is 9.88 Å². The molecule has 6 nitrogen and oxygen atoms in total. The van der Waals surface area contributed by atoms with Gasteiger partial charge in [-0.1, -0.05) is 18.2 Å². The molecule has 144 valence electrons. The summed E-state index contributed by atoms with van der Waals surface area (Å²) in [5, 5.41) is 3.98. The number of carbonyl (C=O) groups excluding carboxylic acids is 2. The Hall–Kier alpha value is -2.93. The van der Waals surface area contributed by atoms with Crippen molar-refractivity contribution in [2.45, 2.75) is 18.8 Å². The topological polar surface area (TPSA) is 71.5 Å². The molecular weight excluding hydrogens is 374 g/mol. The number of nitrogens with one attached hydrogen (secondary N) is 1. The van der Waals surface area contributed by atoms with Crippen molar-refractivity contribution in [3.05, 3.63) is 59.1 Å². The monoisotopic (exact) mass is 395 g/mol. The first-order valence-electron chi connectivity index (χ1n) is 9.24. The molecule has 2 aromatic carbocycles. The summed E-state index contributed by atoms with van der Waals surface area (Å²) in [6.07, 6.45) is 1.97. The highest BCUT2D eigenvalue weighted by Gasteiger charge is 2.27. The van der Waals surface area contributed by atoms with Crippen molar-refractivity contribution < 1.29 is 14.3 Å². The van der Waals surface area contributed by atoms with Crippen LogP contribution in [0.3, 0.4) is 0 Å². The van der Waals surface area contributed by atoms with E-state index in [9.17, 15) is 9.59 Å². The average molecular weight is 395 g/mol. The van der Waals surface area contributed by atoms with Crippen LogP contribution in [-0.2, 0) is 4.74 Å². The van der Waals surface area contributed by atoms with Crippen LogP contribution >= 0.6 is 11.3 Å². The molecule has 1 aliphatic heterocycles. The summed E-state index contributed by atoms with van der Waals surface area (Å²) >= 11 is 1.71. The number of carbonyl (C=O) groups is 2. The molecule has 1 atom stereocenters. The SMILES string of the molecule is COC(=O)c1cccc(NC(=O)N2CCC[C@H](c3nc4ccccc4s3)C2)c1. The van der Waals surface area contributed by atoms with E-state index in [0.717, 1.165) is 23.4 Å². The second kappa shape index (κ2) is 7.98. The number of likely N-dealkylation sites (tertiary alicyclic amines) is 1. The molecule has 1 N–H and O–H groups in total. The molecule has 0 aliphatic carbocycles. The minimum Gasteiger partial charge on any atom is -0.465 e. The number of piperidine rings is 1. The number of thiazole rings is 1. The maximum Gasteiger partial charge on any atom is 0.337 e. The Morgan fingerprint density at radius 1 is 1.21 bits per heavy atom. The van der Waals surface area contributed by atoms with E-state index in [4.69, 9.17) is 9.72 Å². The molecule has 4 rings (SSSR count). The summed E-state index contributed by atoms with van der Waals surface area (Å²) < 4.78 is 5.91. The number of hydrogen-bond acceptors (Lipinski definition) is 5. The number of para-hydroxylation sites is 1. The average Bonchev–Trinajstić information content (AvgIpc) is 3.18. The summed E-state index contributed by atoms with van der Waals surface area (Å²) in [5.41, 5.74) is 2.00. The van der Waals surface area contributed by atoms with Crippen LogP contribution in [0.1, 0.15) is 34.1 Å². The lowest BCUT2D eigenvalue weighted by Crippen LogP contribution is -2.41. The van der Waals surface area contributed by atoms with Crippen LogP contribution in [0.25, 0.3) is 10.2 Å². The van der Waals surface area contributed by atoms with Gasteiger partial charge in [-0.2, -0.15) is 0 Å². The molecule has 0 saturated carbocycles. The number of benzene rings is 2. The smallest absolute Gasteiger partial charge is 0.337 e. The van der Waals surface area contributed by atoms with Gasteiger partial charge in [-0.3, -0.25) is 0 Å². The zero-order valence-electron chi connectivity index (χ0n) is 15.6. The van der Waals surface area contributed by atoms with Crippen molar-refractivity contribution >= 4 is 39.2 Å². The lowest BCUT2D eigenvalue weighted by molar-refractivity contribution is 0.0600. The van der Waals surface area contributed by atoms with Crippen LogP contribution in [0.4, 0.5) is 10.5 Å². The molecule has 0 radical (unpaired) electrons. The van der Waals surface area contributed by atoms with Crippen LogP contribution in [0, 0.1) is 0 Å². The van der Waals surface area contributed by atoms with Gasteiger partial charge in [0.05, 0.1) is 27.9 Å².